The van der Waals surface area contributed by atoms with Gasteiger partial charge in [-0.1, -0.05) is 22.4 Å². The van der Waals surface area contributed by atoms with E-state index in [0.29, 0.717) is 0 Å². The second-order valence-corrected chi connectivity index (χ2v) is 5.51. The summed E-state index contributed by atoms with van der Waals surface area (Å²) in [6.45, 7) is 0. The number of carbonyl (C=O) groups is 1. The van der Waals surface area contributed by atoms with E-state index in [1.807, 2.05) is 18.2 Å². The first-order valence-electron chi connectivity index (χ1n) is 4.93. The molecule has 1 aromatic rings. The van der Waals surface area contributed by atoms with Crippen molar-refractivity contribution in [1.29, 1.82) is 0 Å². The molecule has 1 N–H and O–H groups in total. The van der Waals surface area contributed by atoms with Crippen LogP contribution in [-0.2, 0) is 4.79 Å². The van der Waals surface area contributed by atoms with E-state index >= 15 is 0 Å². The molecule has 0 atom stereocenters. The number of amides is 1. The Labute approximate surface area is 106 Å². The molecule has 80 valence electrons. The summed E-state index contributed by atoms with van der Waals surface area (Å²) in [7, 11) is 0. The predicted octanol–water partition coefficient (Wildman–Crippen LogP) is 3.95. The number of hydrogen-bond acceptors (Lipinski definition) is 1. The lowest BCUT2D eigenvalue weighted by molar-refractivity contribution is -0.122. The number of halogens is 2. The van der Waals surface area contributed by atoms with Crippen molar-refractivity contribution in [3.05, 3.63) is 27.1 Å². The monoisotopic (exact) mass is 331 g/mol. The highest BCUT2D eigenvalue weighted by Gasteiger charge is 2.25. The zero-order valence-corrected chi connectivity index (χ0v) is 11.3. The molecular weight excluding hydrogens is 322 g/mol. The molecule has 0 saturated heterocycles. The van der Waals surface area contributed by atoms with Crippen molar-refractivity contribution in [2.45, 2.75) is 19.3 Å². The molecular formula is C11H11Br2NO. The first kappa shape index (κ1) is 11.1. The number of rotatable bonds is 2. The van der Waals surface area contributed by atoms with Crippen molar-refractivity contribution in [3.8, 4) is 0 Å². The predicted molar refractivity (Wildman–Crippen MR) is 67.8 cm³/mol. The summed E-state index contributed by atoms with van der Waals surface area (Å²) in [5.41, 5.74) is 0.835. The molecule has 1 fully saturated rings. The van der Waals surface area contributed by atoms with E-state index in [-0.39, 0.29) is 11.8 Å². The molecule has 15 heavy (non-hydrogen) atoms. The Morgan fingerprint density at radius 1 is 1.33 bits per heavy atom. The third-order valence-electron chi connectivity index (χ3n) is 2.66. The quantitative estimate of drug-likeness (QED) is 0.872. The van der Waals surface area contributed by atoms with Gasteiger partial charge in [-0.05, 0) is 47.0 Å². The Hall–Kier alpha value is -0.350. The Kier molecular flexibility index (Phi) is 3.46. The van der Waals surface area contributed by atoms with Gasteiger partial charge < -0.3 is 5.32 Å². The van der Waals surface area contributed by atoms with Gasteiger partial charge in [-0.3, -0.25) is 4.79 Å². The van der Waals surface area contributed by atoms with E-state index in [4.69, 9.17) is 0 Å². The summed E-state index contributed by atoms with van der Waals surface area (Å²) in [6.07, 6.45) is 3.23. The van der Waals surface area contributed by atoms with Gasteiger partial charge in [0.15, 0.2) is 0 Å². The van der Waals surface area contributed by atoms with Crippen LogP contribution in [-0.4, -0.2) is 5.91 Å². The molecule has 1 aliphatic carbocycles. The van der Waals surface area contributed by atoms with Gasteiger partial charge in [0.25, 0.3) is 0 Å². The van der Waals surface area contributed by atoms with Crippen LogP contribution >= 0.6 is 31.9 Å². The maximum atomic E-state index is 11.7. The Bertz CT molecular complexity index is 388. The standard InChI is InChI=1S/C11H11Br2NO/c12-8-4-5-9(13)10(6-8)14-11(15)7-2-1-3-7/h4-7H,1-3H2,(H,14,15). The second kappa shape index (κ2) is 4.66. The Morgan fingerprint density at radius 3 is 2.67 bits per heavy atom. The fourth-order valence-corrected chi connectivity index (χ4v) is 2.21. The van der Waals surface area contributed by atoms with Crippen LogP contribution in [0.1, 0.15) is 19.3 Å². The van der Waals surface area contributed by atoms with E-state index in [1.54, 1.807) is 0 Å². The van der Waals surface area contributed by atoms with E-state index in [2.05, 4.69) is 37.2 Å². The summed E-state index contributed by atoms with van der Waals surface area (Å²) < 4.78 is 1.88. The molecule has 0 aliphatic heterocycles. The van der Waals surface area contributed by atoms with E-state index in [9.17, 15) is 4.79 Å². The third-order valence-corrected chi connectivity index (χ3v) is 3.85. The molecule has 0 unspecified atom stereocenters. The minimum absolute atomic E-state index is 0.139. The maximum absolute atomic E-state index is 11.7. The van der Waals surface area contributed by atoms with Gasteiger partial charge in [0.05, 0.1) is 5.69 Å². The van der Waals surface area contributed by atoms with Crippen molar-refractivity contribution < 1.29 is 4.79 Å². The van der Waals surface area contributed by atoms with Crippen LogP contribution in [0.25, 0.3) is 0 Å². The second-order valence-electron chi connectivity index (χ2n) is 3.74. The molecule has 0 bridgehead atoms. The van der Waals surface area contributed by atoms with Crippen molar-refractivity contribution >= 4 is 43.5 Å². The van der Waals surface area contributed by atoms with Gasteiger partial charge in [0.2, 0.25) is 5.91 Å². The Balaban J connectivity index is 2.09. The minimum atomic E-state index is 0.139. The molecule has 0 heterocycles. The molecule has 0 spiro atoms. The number of benzene rings is 1. The third kappa shape index (κ3) is 2.61. The highest BCUT2D eigenvalue weighted by Crippen LogP contribution is 2.30. The summed E-state index contributed by atoms with van der Waals surface area (Å²) in [6, 6.07) is 5.75. The van der Waals surface area contributed by atoms with Gasteiger partial charge in [-0.15, -0.1) is 0 Å². The maximum Gasteiger partial charge on any atom is 0.227 e. The summed E-state index contributed by atoms with van der Waals surface area (Å²) in [5.74, 6) is 0.357. The largest absolute Gasteiger partial charge is 0.325 e. The van der Waals surface area contributed by atoms with Crippen LogP contribution in [0, 0.1) is 5.92 Å². The van der Waals surface area contributed by atoms with Crippen LogP contribution in [0.15, 0.2) is 27.1 Å². The van der Waals surface area contributed by atoms with E-state index < -0.39 is 0 Å². The number of nitrogens with one attached hydrogen (secondary N) is 1. The van der Waals surface area contributed by atoms with Gasteiger partial charge in [0, 0.05) is 14.9 Å². The van der Waals surface area contributed by atoms with Gasteiger partial charge in [0.1, 0.15) is 0 Å². The fraction of sp³-hybridized carbons (Fsp3) is 0.364. The Morgan fingerprint density at radius 2 is 2.07 bits per heavy atom. The molecule has 1 saturated carbocycles. The lowest BCUT2D eigenvalue weighted by Gasteiger charge is -2.24. The molecule has 4 heteroatoms. The van der Waals surface area contributed by atoms with Crippen LogP contribution < -0.4 is 5.32 Å². The number of carbonyl (C=O) groups excluding carboxylic acids is 1. The lowest BCUT2D eigenvalue weighted by Crippen LogP contribution is -2.28. The average Bonchev–Trinajstić information content (AvgIpc) is 2.08. The fourth-order valence-electron chi connectivity index (χ4n) is 1.50. The van der Waals surface area contributed by atoms with Crippen molar-refractivity contribution in [2.75, 3.05) is 5.32 Å². The highest BCUT2D eigenvalue weighted by atomic mass is 79.9. The van der Waals surface area contributed by atoms with Crippen molar-refractivity contribution in [1.82, 2.24) is 0 Å². The lowest BCUT2D eigenvalue weighted by atomic mass is 9.85. The number of hydrogen-bond donors (Lipinski definition) is 1. The summed E-state index contributed by atoms with van der Waals surface area (Å²) in [4.78, 5) is 11.7. The average molecular weight is 333 g/mol. The van der Waals surface area contributed by atoms with Gasteiger partial charge in [-0.2, -0.15) is 0 Å². The molecule has 1 amide bonds. The van der Waals surface area contributed by atoms with E-state index in [1.165, 1.54) is 6.42 Å². The molecule has 2 nitrogen and oxygen atoms in total. The molecule has 2 rings (SSSR count). The van der Waals surface area contributed by atoms with Crippen molar-refractivity contribution in [2.24, 2.45) is 5.92 Å². The summed E-state index contributed by atoms with van der Waals surface area (Å²) >= 11 is 6.79. The van der Waals surface area contributed by atoms with Gasteiger partial charge >= 0.3 is 0 Å². The van der Waals surface area contributed by atoms with Crippen LogP contribution in [0.3, 0.4) is 0 Å². The van der Waals surface area contributed by atoms with Crippen LogP contribution in [0.2, 0.25) is 0 Å². The smallest absolute Gasteiger partial charge is 0.227 e. The molecule has 0 radical (unpaired) electrons. The molecule has 1 aromatic carbocycles. The summed E-state index contributed by atoms with van der Waals surface area (Å²) in [5, 5.41) is 2.94. The first-order valence-corrected chi connectivity index (χ1v) is 6.51. The SMILES string of the molecule is O=C(Nc1cc(Br)ccc1Br)C1CCC1. The number of anilines is 1. The molecule has 1 aliphatic rings. The van der Waals surface area contributed by atoms with E-state index in [0.717, 1.165) is 27.5 Å². The minimum Gasteiger partial charge on any atom is -0.325 e. The first-order chi connectivity index (χ1) is 7.16. The van der Waals surface area contributed by atoms with Crippen LogP contribution in [0.4, 0.5) is 5.69 Å². The van der Waals surface area contributed by atoms with Crippen LogP contribution in [0.5, 0.6) is 0 Å². The zero-order chi connectivity index (χ0) is 10.8. The topological polar surface area (TPSA) is 29.1 Å². The highest BCUT2D eigenvalue weighted by molar-refractivity contribution is 9.11. The normalized spacial score (nSPS) is 15.9. The molecule has 0 aromatic heterocycles. The van der Waals surface area contributed by atoms with Gasteiger partial charge in [-0.25, -0.2) is 0 Å². The van der Waals surface area contributed by atoms with Crippen molar-refractivity contribution in [3.63, 3.8) is 0 Å². The zero-order valence-electron chi connectivity index (χ0n) is 8.09.